The van der Waals surface area contributed by atoms with Crippen molar-refractivity contribution in [1.82, 2.24) is 10.6 Å². The number of carbonyl (C=O) groups excluding carboxylic acids is 2. The van der Waals surface area contributed by atoms with Gasteiger partial charge < -0.3 is 15.4 Å². The third kappa shape index (κ3) is 6.46. The first-order valence-electron chi connectivity index (χ1n) is 8.74. The van der Waals surface area contributed by atoms with Crippen LogP contribution in [0.25, 0.3) is 6.08 Å². The number of amides is 2. The predicted molar refractivity (Wildman–Crippen MR) is 108 cm³/mol. The molecule has 0 saturated heterocycles. The Labute approximate surface area is 164 Å². The summed E-state index contributed by atoms with van der Waals surface area (Å²) in [7, 11) is 1.59. The van der Waals surface area contributed by atoms with E-state index in [2.05, 4.69) is 10.6 Å². The van der Waals surface area contributed by atoms with Crippen molar-refractivity contribution in [2.75, 3.05) is 13.7 Å². The Bertz CT molecular complexity index is 799. The van der Waals surface area contributed by atoms with E-state index < -0.39 is 0 Å². The molecule has 0 atom stereocenters. The first-order valence-corrected chi connectivity index (χ1v) is 9.12. The first-order chi connectivity index (χ1) is 13.0. The van der Waals surface area contributed by atoms with Crippen molar-refractivity contribution in [2.45, 2.75) is 19.8 Å². The van der Waals surface area contributed by atoms with E-state index in [4.69, 9.17) is 16.3 Å². The highest BCUT2D eigenvalue weighted by molar-refractivity contribution is 6.30. The Balaban J connectivity index is 2.22. The summed E-state index contributed by atoms with van der Waals surface area (Å²) < 4.78 is 5.14. The van der Waals surface area contributed by atoms with Crippen LogP contribution in [0.2, 0.25) is 5.02 Å². The molecule has 2 N–H and O–H groups in total. The fraction of sp³-hybridized carbons (Fsp3) is 0.238. The summed E-state index contributed by atoms with van der Waals surface area (Å²) in [6.07, 6.45) is 3.47. The van der Waals surface area contributed by atoms with Gasteiger partial charge >= 0.3 is 0 Å². The van der Waals surface area contributed by atoms with E-state index in [1.165, 1.54) is 0 Å². The Morgan fingerprint density at radius 3 is 2.33 bits per heavy atom. The summed E-state index contributed by atoms with van der Waals surface area (Å²) in [4.78, 5) is 25.0. The molecule has 0 spiro atoms. The highest BCUT2D eigenvalue weighted by atomic mass is 35.5. The highest BCUT2D eigenvalue weighted by Crippen LogP contribution is 2.14. The molecule has 0 aliphatic carbocycles. The zero-order chi connectivity index (χ0) is 19.6. The van der Waals surface area contributed by atoms with Gasteiger partial charge in [-0.2, -0.15) is 0 Å². The molecule has 2 aromatic carbocycles. The number of hydrogen-bond donors (Lipinski definition) is 2. The lowest BCUT2D eigenvalue weighted by atomic mass is 10.1. The van der Waals surface area contributed by atoms with E-state index in [0.717, 1.165) is 18.4 Å². The van der Waals surface area contributed by atoms with Crippen molar-refractivity contribution in [1.29, 1.82) is 0 Å². The van der Waals surface area contributed by atoms with Crippen LogP contribution in [0.1, 0.15) is 35.7 Å². The van der Waals surface area contributed by atoms with Crippen LogP contribution in [0.3, 0.4) is 0 Å². The number of benzene rings is 2. The number of ether oxygens (including phenoxy) is 1. The van der Waals surface area contributed by atoms with Crippen LogP contribution in [0, 0.1) is 0 Å². The lowest BCUT2D eigenvalue weighted by Crippen LogP contribution is -2.35. The molecule has 5 nitrogen and oxygen atoms in total. The molecule has 0 bridgehead atoms. The summed E-state index contributed by atoms with van der Waals surface area (Å²) in [5.74, 6) is 0.00458. The van der Waals surface area contributed by atoms with E-state index in [1.54, 1.807) is 49.6 Å². The fourth-order valence-corrected chi connectivity index (χ4v) is 2.42. The molecule has 2 rings (SSSR count). The third-order valence-electron chi connectivity index (χ3n) is 3.84. The lowest BCUT2D eigenvalue weighted by Gasteiger charge is -2.11. The second-order valence-corrected chi connectivity index (χ2v) is 6.34. The summed E-state index contributed by atoms with van der Waals surface area (Å²) in [6.45, 7) is 2.59. The molecule has 0 aliphatic rings. The molecule has 0 radical (unpaired) electrons. The summed E-state index contributed by atoms with van der Waals surface area (Å²) in [5.41, 5.74) is 1.37. The number of unbranched alkanes of at least 4 members (excludes halogenated alkanes) is 1. The van der Waals surface area contributed by atoms with E-state index in [0.29, 0.717) is 22.9 Å². The minimum Gasteiger partial charge on any atom is -0.497 e. The third-order valence-corrected chi connectivity index (χ3v) is 4.09. The molecule has 0 fully saturated rings. The maximum absolute atomic E-state index is 12.5. The van der Waals surface area contributed by atoms with Crippen LogP contribution in [0.4, 0.5) is 0 Å². The minimum atomic E-state index is -0.378. The van der Waals surface area contributed by atoms with Crippen LogP contribution >= 0.6 is 11.6 Å². The number of methoxy groups -OCH3 is 1. The number of nitrogens with one attached hydrogen (secondary N) is 2. The standard InChI is InChI=1S/C21H23ClN2O3/c1-3-4-13-23-21(26)19(14-15-5-11-18(27-2)12-6-15)24-20(25)16-7-9-17(22)10-8-16/h5-12,14H,3-4,13H2,1-2H3,(H,23,26)(H,24,25)/b19-14-. The monoisotopic (exact) mass is 386 g/mol. The quantitative estimate of drug-likeness (QED) is 0.531. The Hall–Kier alpha value is -2.79. The normalized spacial score (nSPS) is 11.0. The summed E-state index contributed by atoms with van der Waals surface area (Å²) >= 11 is 5.86. The average Bonchev–Trinajstić information content (AvgIpc) is 2.68. The molecule has 27 heavy (non-hydrogen) atoms. The summed E-state index contributed by atoms with van der Waals surface area (Å²) in [5, 5.41) is 6.06. The molecule has 0 saturated carbocycles. The van der Waals surface area contributed by atoms with Crippen LogP contribution in [-0.2, 0) is 4.79 Å². The van der Waals surface area contributed by atoms with E-state index in [-0.39, 0.29) is 17.5 Å². The summed E-state index contributed by atoms with van der Waals surface area (Å²) in [6, 6.07) is 13.7. The van der Waals surface area contributed by atoms with E-state index >= 15 is 0 Å². The zero-order valence-electron chi connectivity index (χ0n) is 15.4. The smallest absolute Gasteiger partial charge is 0.267 e. The largest absolute Gasteiger partial charge is 0.497 e. The van der Waals surface area contributed by atoms with Gasteiger partial charge in [-0.1, -0.05) is 37.1 Å². The zero-order valence-corrected chi connectivity index (χ0v) is 16.2. The van der Waals surface area contributed by atoms with E-state index in [1.807, 2.05) is 19.1 Å². The van der Waals surface area contributed by atoms with Gasteiger partial charge in [0.1, 0.15) is 11.4 Å². The van der Waals surface area contributed by atoms with Gasteiger partial charge in [0.2, 0.25) is 0 Å². The van der Waals surface area contributed by atoms with Gasteiger partial charge in [0.05, 0.1) is 7.11 Å². The van der Waals surface area contributed by atoms with Crippen LogP contribution in [0.5, 0.6) is 5.75 Å². The molecule has 0 unspecified atom stereocenters. The average molecular weight is 387 g/mol. The van der Waals surface area contributed by atoms with Crippen molar-refractivity contribution in [3.8, 4) is 5.75 Å². The van der Waals surface area contributed by atoms with Crippen molar-refractivity contribution < 1.29 is 14.3 Å². The molecule has 0 heterocycles. The number of carbonyl (C=O) groups is 2. The molecule has 142 valence electrons. The van der Waals surface area contributed by atoms with Crippen LogP contribution in [0.15, 0.2) is 54.2 Å². The first kappa shape index (κ1) is 20.5. The van der Waals surface area contributed by atoms with E-state index in [9.17, 15) is 9.59 Å². The number of halogens is 1. The van der Waals surface area contributed by atoms with Gasteiger partial charge in [-0.15, -0.1) is 0 Å². The van der Waals surface area contributed by atoms with Gasteiger partial charge in [0, 0.05) is 17.1 Å². The highest BCUT2D eigenvalue weighted by Gasteiger charge is 2.14. The van der Waals surface area contributed by atoms with Gasteiger partial charge in [-0.25, -0.2) is 0 Å². The topological polar surface area (TPSA) is 67.4 Å². The molecular formula is C21H23ClN2O3. The number of rotatable bonds is 8. The maximum Gasteiger partial charge on any atom is 0.267 e. The second-order valence-electron chi connectivity index (χ2n) is 5.90. The SMILES string of the molecule is CCCCNC(=O)/C(=C/c1ccc(OC)cc1)NC(=O)c1ccc(Cl)cc1. The van der Waals surface area contributed by atoms with Gasteiger partial charge in [-0.05, 0) is 54.5 Å². The van der Waals surface area contributed by atoms with Crippen LogP contribution < -0.4 is 15.4 Å². The Morgan fingerprint density at radius 1 is 1.07 bits per heavy atom. The predicted octanol–water partition coefficient (Wildman–Crippen LogP) is 4.04. The van der Waals surface area contributed by atoms with Crippen molar-refractivity contribution in [3.63, 3.8) is 0 Å². The molecular weight excluding hydrogens is 364 g/mol. The van der Waals surface area contributed by atoms with Crippen molar-refractivity contribution >= 4 is 29.5 Å². The van der Waals surface area contributed by atoms with Crippen molar-refractivity contribution in [3.05, 3.63) is 70.4 Å². The minimum absolute atomic E-state index is 0.177. The Morgan fingerprint density at radius 2 is 1.74 bits per heavy atom. The molecule has 0 aliphatic heterocycles. The molecule has 0 aromatic heterocycles. The number of hydrogen-bond acceptors (Lipinski definition) is 3. The van der Waals surface area contributed by atoms with Gasteiger partial charge in [0.15, 0.2) is 0 Å². The molecule has 6 heteroatoms. The Kier molecular flexibility index (Phi) is 7.89. The fourth-order valence-electron chi connectivity index (χ4n) is 2.29. The maximum atomic E-state index is 12.5. The van der Waals surface area contributed by atoms with Gasteiger partial charge in [-0.3, -0.25) is 9.59 Å². The lowest BCUT2D eigenvalue weighted by molar-refractivity contribution is -0.117. The van der Waals surface area contributed by atoms with Crippen molar-refractivity contribution in [2.24, 2.45) is 0 Å². The molecule has 2 amide bonds. The molecule has 2 aromatic rings. The van der Waals surface area contributed by atoms with Gasteiger partial charge in [0.25, 0.3) is 11.8 Å². The van der Waals surface area contributed by atoms with Crippen LogP contribution in [-0.4, -0.2) is 25.5 Å². The second kappa shape index (κ2) is 10.4.